The van der Waals surface area contributed by atoms with Gasteiger partial charge >= 0.3 is 0 Å². The molecule has 0 aromatic heterocycles. The Balaban J connectivity index is 2.05. The predicted molar refractivity (Wildman–Crippen MR) is 73.9 cm³/mol. The summed E-state index contributed by atoms with van der Waals surface area (Å²) in [6.07, 6.45) is 2.31. The molecule has 0 radical (unpaired) electrons. The molecule has 0 amide bonds. The second kappa shape index (κ2) is 6.10. The summed E-state index contributed by atoms with van der Waals surface area (Å²) in [6.45, 7) is 3.65. The van der Waals surface area contributed by atoms with E-state index in [-0.39, 0.29) is 0 Å². The van der Waals surface area contributed by atoms with E-state index >= 15 is 0 Å². The van der Waals surface area contributed by atoms with Gasteiger partial charge in [0.25, 0.3) is 0 Å². The van der Waals surface area contributed by atoms with Crippen molar-refractivity contribution in [2.24, 2.45) is 5.73 Å². The lowest BCUT2D eigenvalue weighted by molar-refractivity contribution is 0.127. The standard InChI is InChI=1S/C13H18ClNOS/c1-9-12(5-7-16-9)17-13-3-2-10(4-6-15)8-11(13)14/h2-3,8-9,12H,4-7,15H2,1H3. The maximum Gasteiger partial charge on any atom is 0.0669 e. The molecule has 1 saturated heterocycles. The van der Waals surface area contributed by atoms with Crippen LogP contribution in [0, 0.1) is 0 Å². The van der Waals surface area contributed by atoms with E-state index in [4.69, 9.17) is 22.1 Å². The number of hydrogen-bond donors (Lipinski definition) is 1. The van der Waals surface area contributed by atoms with Gasteiger partial charge in [0.1, 0.15) is 0 Å². The molecule has 0 saturated carbocycles. The van der Waals surface area contributed by atoms with Crippen molar-refractivity contribution in [3.63, 3.8) is 0 Å². The smallest absolute Gasteiger partial charge is 0.0669 e. The van der Waals surface area contributed by atoms with Gasteiger partial charge in [-0.2, -0.15) is 0 Å². The number of benzene rings is 1. The number of halogens is 1. The Hall–Kier alpha value is -0.220. The van der Waals surface area contributed by atoms with Gasteiger partial charge in [-0.3, -0.25) is 0 Å². The fraction of sp³-hybridized carbons (Fsp3) is 0.538. The first-order valence-corrected chi connectivity index (χ1v) is 7.23. The molecule has 1 heterocycles. The highest BCUT2D eigenvalue weighted by molar-refractivity contribution is 8.00. The molecule has 94 valence electrons. The minimum absolute atomic E-state index is 0.319. The molecular formula is C13H18ClNOS. The van der Waals surface area contributed by atoms with Crippen molar-refractivity contribution in [2.75, 3.05) is 13.2 Å². The monoisotopic (exact) mass is 271 g/mol. The highest BCUT2D eigenvalue weighted by atomic mass is 35.5. The molecule has 4 heteroatoms. The number of hydrogen-bond acceptors (Lipinski definition) is 3. The second-order valence-electron chi connectivity index (χ2n) is 4.32. The first kappa shape index (κ1) is 13.2. The molecule has 1 aromatic carbocycles. The molecule has 2 N–H and O–H groups in total. The third kappa shape index (κ3) is 3.38. The molecular weight excluding hydrogens is 254 g/mol. The number of rotatable bonds is 4. The van der Waals surface area contributed by atoms with Gasteiger partial charge < -0.3 is 10.5 Å². The van der Waals surface area contributed by atoms with Crippen molar-refractivity contribution in [1.29, 1.82) is 0 Å². The van der Waals surface area contributed by atoms with Gasteiger partial charge in [-0.15, -0.1) is 11.8 Å². The zero-order valence-corrected chi connectivity index (χ0v) is 11.6. The lowest BCUT2D eigenvalue weighted by atomic mass is 10.1. The second-order valence-corrected chi connectivity index (χ2v) is 6.01. The Morgan fingerprint density at radius 1 is 1.53 bits per heavy atom. The minimum atomic E-state index is 0.319. The van der Waals surface area contributed by atoms with Gasteiger partial charge in [-0.25, -0.2) is 0 Å². The third-order valence-corrected chi connectivity index (χ3v) is 4.97. The highest BCUT2D eigenvalue weighted by Gasteiger charge is 2.25. The van der Waals surface area contributed by atoms with Crippen LogP contribution in [0.1, 0.15) is 18.9 Å². The van der Waals surface area contributed by atoms with E-state index in [2.05, 4.69) is 19.1 Å². The van der Waals surface area contributed by atoms with E-state index in [1.807, 2.05) is 17.8 Å². The van der Waals surface area contributed by atoms with Crippen LogP contribution in [0.15, 0.2) is 23.1 Å². The van der Waals surface area contributed by atoms with Crippen LogP contribution in [0.25, 0.3) is 0 Å². The molecule has 2 atom stereocenters. The first-order chi connectivity index (χ1) is 8.20. The Kier molecular flexibility index (Phi) is 4.74. The van der Waals surface area contributed by atoms with E-state index in [1.54, 1.807) is 0 Å². The van der Waals surface area contributed by atoms with E-state index < -0.39 is 0 Å². The lowest BCUT2D eigenvalue weighted by Crippen LogP contribution is -2.13. The summed E-state index contributed by atoms with van der Waals surface area (Å²) < 4.78 is 5.56. The average Bonchev–Trinajstić information content (AvgIpc) is 2.69. The predicted octanol–water partition coefficient (Wildman–Crippen LogP) is 3.11. The van der Waals surface area contributed by atoms with Crippen molar-refractivity contribution in [1.82, 2.24) is 0 Å². The Labute approximate surface area is 112 Å². The summed E-state index contributed by atoms with van der Waals surface area (Å²) >= 11 is 8.11. The molecule has 0 spiro atoms. The molecule has 0 aliphatic carbocycles. The van der Waals surface area contributed by atoms with Crippen LogP contribution in [-0.4, -0.2) is 24.5 Å². The molecule has 1 aliphatic heterocycles. The summed E-state index contributed by atoms with van der Waals surface area (Å²) in [5.74, 6) is 0. The van der Waals surface area contributed by atoms with Gasteiger partial charge in [-0.1, -0.05) is 17.7 Å². The minimum Gasteiger partial charge on any atom is -0.377 e. The quantitative estimate of drug-likeness (QED) is 0.914. The van der Waals surface area contributed by atoms with Crippen LogP contribution in [0.4, 0.5) is 0 Å². The normalized spacial score (nSPS) is 24.2. The van der Waals surface area contributed by atoms with Crippen LogP contribution >= 0.6 is 23.4 Å². The van der Waals surface area contributed by atoms with Crippen molar-refractivity contribution in [2.45, 2.75) is 36.0 Å². The summed E-state index contributed by atoms with van der Waals surface area (Å²) in [6, 6.07) is 6.24. The number of ether oxygens (including phenoxy) is 1. The van der Waals surface area contributed by atoms with Crippen LogP contribution in [0.3, 0.4) is 0 Å². The third-order valence-electron chi connectivity index (χ3n) is 3.01. The van der Waals surface area contributed by atoms with Gasteiger partial charge in [-0.05, 0) is 44.0 Å². The SMILES string of the molecule is CC1OCCC1Sc1ccc(CCN)cc1Cl. The number of thioether (sulfide) groups is 1. The van der Waals surface area contributed by atoms with Gasteiger partial charge in [0.05, 0.1) is 11.1 Å². The summed E-state index contributed by atoms with van der Waals surface area (Å²) in [5.41, 5.74) is 6.74. The van der Waals surface area contributed by atoms with E-state index in [9.17, 15) is 0 Å². The maximum absolute atomic E-state index is 6.29. The molecule has 1 aromatic rings. The largest absolute Gasteiger partial charge is 0.377 e. The van der Waals surface area contributed by atoms with Crippen molar-refractivity contribution >= 4 is 23.4 Å². The van der Waals surface area contributed by atoms with Gasteiger partial charge in [0.15, 0.2) is 0 Å². The van der Waals surface area contributed by atoms with Crippen molar-refractivity contribution in [3.05, 3.63) is 28.8 Å². The van der Waals surface area contributed by atoms with Crippen LogP contribution in [-0.2, 0) is 11.2 Å². The zero-order chi connectivity index (χ0) is 12.3. The van der Waals surface area contributed by atoms with Crippen LogP contribution < -0.4 is 5.73 Å². The molecule has 1 fully saturated rings. The van der Waals surface area contributed by atoms with E-state index in [1.165, 1.54) is 5.56 Å². The molecule has 1 aliphatic rings. The van der Waals surface area contributed by atoms with Crippen molar-refractivity contribution < 1.29 is 4.74 Å². The average molecular weight is 272 g/mol. The van der Waals surface area contributed by atoms with Gasteiger partial charge in [0.2, 0.25) is 0 Å². The van der Waals surface area contributed by atoms with E-state index in [0.717, 1.165) is 29.4 Å². The lowest BCUT2D eigenvalue weighted by Gasteiger charge is -2.14. The summed E-state index contributed by atoms with van der Waals surface area (Å²) in [4.78, 5) is 1.15. The van der Waals surface area contributed by atoms with Gasteiger partial charge in [0, 0.05) is 16.8 Å². The summed E-state index contributed by atoms with van der Waals surface area (Å²) in [7, 11) is 0. The molecule has 17 heavy (non-hydrogen) atoms. The fourth-order valence-corrected chi connectivity index (χ4v) is 3.46. The fourth-order valence-electron chi connectivity index (χ4n) is 1.99. The highest BCUT2D eigenvalue weighted by Crippen LogP contribution is 2.36. The van der Waals surface area contributed by atoms with Crippen molar-refractivity contribution in [3.8, 4) is 0 Å². The molecule has 2 unspecified atom stereocenters. The Morgan fingerprint density at radius 3 is 2.94 bits per heavy atom. The molecule has 2 nitrogen and oxygen atoms in total. The molecule has 2 rings (SSSR count). The Morgan fingerprint density at radius 2 is 2.35 bits per heavy atom. The first-order valence-electron chi connectivity index (χ1n) is 5.97. The topological polar surface area (TPSA) is 35.2 Å². The van der Waals surface area contributed by atoms with E-state index in [0.29, 0.717) is 17.9 Å². The summed E-state index contributed by atoms with van der Waals surface area (Å²) in [5, 5.41) is 1.35. The zero-order valence-electron chi connectivity index (χ0n) is 9.99. The van der Waals surface area contributed by atoms with Crippen LogP contribution in [0.5, 0.6) is 0 Å². The van der Waals surface area contributed by atoms with Crippen LogP contribution in [0.2, 0.25) is 5.02 Å². The Bertz CT molecular complexity index is 386. The maximum atomic E-state index is 6.29. The molecule has 0 bridgehead atoms. The number of nitrogens with two attached hydrogens (primary N) is 1.